The summed E-state index contributed by atoms with van der Waals surface area (Å²) in [6.07, 6.45) is 3.21. The number of carbonyl (C=O) groups excluding carboxylic acids is 1. The number of hydrogen-bond acceptors (Lipinski definition) is 5. The lowest BCUT2D eigenvalue weighted by Crippen LogP contribution is -2.21. The number of rotatable bonds is 5. The number of ether oxygens (including phenoxy) is 1. The minimum Gasteiger partial charge on any atom is -0.452 e. The van der Waals surface area contributed by atoms with E-state index in [4.69, 9.17) is 4.74 Å². The molecule has 0 aliphatic carbocycles. The summed E-state index contributed by atoms with van der Waals surface area (Å²) in [5, 5.41) is 6.80. The molecule has 1 N–H and O–H groups in total. The van der Waals surface area contributed by atoms with Gasteiger partial charge < -0.3 is 10.1 Å². The Balaban J connectivity index is 1.55. The summed E-state index contributed by atoms with van der Waals surface area (Å²) in [5.41, 5.74) is 1.89. The van der Waals surface area contributed by atoms with Gasteiger partial charge in [-0.1, -0.05) is 24.3 Å². The van der Waals surface area contributed by atoms with E-state index in [0.29, 0.717) is 5.82 Å². The summed E-state index contributed by atoms with van der Waals surface area (Å²) < 4.78 is 6.86. The number of anilines is 1. The van der Waals surface area contributed by atoms with Gasteiger partial charge in [-0.25, -0.2) is 9.67 Å². The highest BCUT2D eigenvalue weighted by atomic mass is 16.5. The van der Waals surface area contributed by atoms with Crippen molar-refractivity contribution in [2.75, 3.05) is 11.9 Å². The third-order valence-corrected chi connectivity index (χ3v) is 3.00. The highest BCUT2D eigenvalue weighted by Gasteiger charge is 2.08. The van der Waals surface area contributed by atoms with Crippen molar-refractivity contribution in [1.82, 2.24) is 19.7 Å². The molecule has 2 aromatic heterocycles. The van der Waals surface area contributed by atoms with E-state index in [0.717, 1.165) is 11.3 Å². The molecular weight excluding hydrogens is 294 g/mol. The van der Waals surface area contributed by atoms with Crippen LogP contribution in [0.25, 0.3) is 5.69 Å². The van der Waals surface area contributed by atoms with Crippen LogP contribution in [0.5, 0.6) is 6.01 Å². The topological polar surface area (TPSA) is 81.9 Å². The highest BCUT2D eigenvalue weighted by molar-refractivity contribution is 5.90. The molecule has 1 amide bonds. The van der Waals surface area contributed by atoms with E-state index in [1.54, 1.807) is 16.9 Å². The van der Waals surface area contributed by atoms with E-state index in [-0.39, 0.29) is 18.5 Å². The second-order valence-electron chi connectivity index (χ2n) is 4.86. The van der Waals surface area contributed by atoms with E-state index >= 15 is 0 Å². The van der Waals surface area contributed by atoms with Gasteiger partial charge in [0.1, 0.15) is 12.1 Å². The summed E-state index contributed by atoms with van der Waals surface area (Å²) >= 11 is 0. The van der Waals surface area contributed by atoms with E-state index in [1.807, 2.05) is 43.3 Å². The van der Waals surface area contributed by atoms with Crippen LogP contribution < -0.4 is 10.1 Å². The predicted molar refractivity (Wildman–Crippen MR) is 84.5 cm³/mol. The number of aromatic nitrogens is 4. The van der Waals surface area contributed by atoms with Crippen molar-refractivity contribution in [2.24, 2.45) is 0 Å². The monoisotopic (exact) mass is 309 g/mol. The Bertz CT molecular complexity index is 784. The Hall–Kier alpha value is -3.22. The molecule has 0 atom stereocenters. The van der Waals surface area contributed by atoms with E-state index in [2.05, 4.69) is 20.4 Å². The van der Waals surface area contributed by atoms with Gasteiger partial charge in [0.25, 0.3) is 5.91 Å². The smallest absolute Gasteiger partial charge is 0.336 e. The number of para-hydroxylation sites is 1. The van der Waals surface area contributed by atoms with Crippen LogP contribution in [-0.2, 0) is 4.79 Å². The van der Waals surface area contributed by atoms with E-state index in [9.17, 15) is 4.79 Å². The first-order chi connectivity index (χ1) is 11.2. The van der Waals surface area contributed by atoms with Gasteiger partial charge in [0, 0.05) is 6.20 Å². The summed E-state index contributed by atoms with van der Waals surface area (Å²) in [4.78, 5) is 19.9. The summed E-state index contributed by atoms with van der Waals surface area (Å²) in [6.45, 7) is 1.74. The fraction of sp³-hybridized carbons (Fsp3) is 0.125. The van der Waals surface area contributed by atoms with Crippen molar-refractivity contribution in [3.8, 4) is 11.7 Å². The normalized spacial score (nSPS) is 10.3. The molecule has 3 rings (SSSR count). The lowest BCUT2D eigenvalue weighted by molar-refractivity contribution is -0.118. The van der Waals surface area contributed by atoms with Gasteiger partial charge in [-0.3, -0.25) is 4.79 Å². The number of amides is 1. The van der Waals surface area contributed by atoms with Crippen LogP contribution in [0, 0.1) is 6.92 Å². The average Bonchev–Trinajstić information content (AvgIpc) is 3.05. The zero-order chi connectivity index (χ0) is 16.1. The molecule has 0 spiro atoms. The van der Waals surface area contributed by atoms with Gasteiger partial charge in [-0.05, 0) is 30.7 Å². The van der Waals surface area contributed by atoms with Crippen molar-refractivity contribution in [1.29, 1.82) is 0 Å². The van der Waals surface area contributed by atoms with Crippen LogP contribution in [0.2, 0.25) is 0 Å². The molecule has 0 fully saturated rings. The number of nitrogens with one attached hydrogen (secondary N) is 1. The Morgan fingerprint density at radius 2 is 2.00 bits per heavy atom. The van der Waals surface area contributed by atoms with E-state index < -0.39 is 0 Å². The van der Waals surface area contributed by atoms with Crippen LogP contribution in [0.4, 0.5) is 5.82 Å². The molecule has 7 heteroatoms. The number of benzene rings is 1. The predicted octanol–water partition coefficient (Wildman–Crippen LogP) is 1.99. The zero-order valence-corrected chi connectivity index (χ0v) is 12.5. The number of nitrogens with zero attached hydrogens (tertiary/aromatic N) is 4. The van der Waals surface area contributed by atoms with Crippen LogP contribution in [0.1, 0.15) is 5.56 Å². The van der Waals surface area contributed by atoms with Gasteiger partial charge in [-0.2, -0.15) is 4.98 Å². The Morgan fingerprint density at radius 3 is 2.74 bits per heavy atom. The average molecular weight is 309 g/mol. The molecule has 7 nitrogen and oxygen atoms in total. The maximum atomic E-state index is 11.8. The van der Waals surface area contributed by atoms with Crippen molar-refractivity contribution < 1.29 is 9.53 Å². The molecule has 0 saturated carbocycles. The molecule has 3 aromatic rings. The SMILES string of the molecule is Cc1ccc(NC(=O)COc2ncn(-c3ccccc3)n2)nc1. The number of carbonyl (C=O) groups is 1. The molecule has 116 valence electrons. The quantitative estimate of drug-likeness (QED) is 0.779. The summed E-state index contributed by atoms with van der Waals surface area (Å²) in [5.74, 6) is 0.157. The summed E-state index contributed by atoms with van der Waals surface area (Å²) in [7, 11) is 0. The van der Waals surface area contributed by atoms with Crippen molar-refractivity contribution in [3.63, 3.8) is 0 Å². The lowest BCUT2D eigenvalue weighted by atomic mass is 10.3. The maximum Gasteiger partial charge on any atom is 0.336 e. The van der Waals surface area contributed by atoms with Crippen molar-refractivity contribution in [2.45, 2.75) is 6.92 Å². The Labute approximate surface area is 133 Å². The van der Waals surface area contributed by atoms with Crippen LogP contribution in [-0.4, -0.2) is 32.3 Å². The van der Waals surface area contributed by atoms with Crippen molar-refractivity contribution >= 4 is 11.7 Å². The van der Waals surface area contributed by atoms with Crippen LogP contribution >= 0.6 is 0 Å². The first-order valence-corrected chi connectivity index (χ1v) is 7.03. The number of aryl methyl sites for hydroxylation is 1. The standard InChI is InChI=1S/C16H15N5O2/c1-12-7-8-14(17-9-12)19-15(22)10-23-16-18-11-21(20-16)13-5-3-2-4-6-13/h2-9,11H,10H2,1H3,(H,17,19,22). The summed E-state index contributed by atoms with van der Waals surface area (Å²) in [6, 6.07) is 13.3. The number of pyridine rings is 1. The molecule has 0 saturated heterocycles. The molecule has 23 heavy (non-hydrogen) atoms. The van der Waals surface area contributed by atoms with Gasteiger partial charge in [0.2, 0.25) is 0 Å². The largest absolute Gasteiger partial charge is 0.452 e. The molecular formula is C16H15N5O2. The molecule has 0 aliphatic heterocycles. The molecule has 1 aromatic carbocycles. The molecule has 0 radical (unpaired) electrons. The maximum absolute atomic E-state index is 11.8. The highest BCUT2D eigenvalue weighted by Crippen LogP contribution is 2.08. The third kappa shape index (κ3) is 3.91. The minimum absolute atomic E-state index is 0.140. The zero-order valence-electron chi connectivity index (χ0n) is 12.5. The van der Waals surface area contributed by atoms with Gasteiger partial charge in [0.05, 0.1) is 5.69 Å². The van der Waals surface area contributed by atoms with Gasteiger partial charge in [0.15, 0.2) is 6.61 Å². The van der Waals surface area contributed by atoms with Gasteiger partial charge in [-0.15, -0.1) is 5.10 Å². The Morgan fingerprint density at radius 1 is 1.17 bits per heavy atom. The van der Waals surface area contributed by atoms with Gasteiger partial charge >= 0.3 is 6.01 Å². The third-order valence-electron chi connectivity index (χ3n) is 3.00. The molecule has 0 aliphatic rings. The fourth-order valence-corrected chi connectivity index (χ4v) is 1.87. The first-order valence-electron chi connectivity index (χ1n) is 7.03. The van der Waals surface area contributed by atoms with Crippen LogP contribution in [0.15, 0.2) is 55.0 Å². The van der Waals surface area contributed by atoms with E-state index in [1.165, 1.54) is 6.33 Å². The molecule has 0 bridgehead atoms. The second kappa shape index (κ2) is 6.69. The molecule has 2 heterocycles. The molecule has 0 unspecified atom stereocenters. The fourth-order valence-electron chi connectivity index (χ4n) is 1.87. The van der Waals surface area contributed by atoms with Crippen LogP contribution in [0.3, 0.4) is 0 Å². The van der Waals surface area contributed by atoms with Crippen molar-refractivity contribution in [3.05, 3.63) is 60.6 Å². The lowest BCUT2D eigenvalue weighted by Gasteiger charge is -2.04. The Kier molecular flexibility index (Phi) is 4.28. The number of hydrogen-bond donors (Lipinski definition) is 1. The minimum atomic E-state index is -0.322. The second-order valence-corrected chi connectivity index (χ2v) is 4.86. The first kappa shape index (κ1) is 14.7.